The van der Waals surface area contributed by atoms with E-state index in [0.29, 0.717) is 0 Å². The van der Waals surface area contributed by atoms with E-state index in [1.54, 1.807) is 0 Å². The summed E-state index contributed by atoms with van der Waals surface area (Å²) in [5, 5.41) is 0. The molecular weight excluding hydrogens is 176 g/mol. The second-order valence-electron chi connectivity index (χ2n) is 4.45. The summed E-state index contributed by atoms with van der Waals surface area (Å²) in [5.41, 5.74) is 5.00. The zero-order chi connectivity index (χ0) is 11.2. The van der Waals surface area contributed by atoms with E-state index < -0.39 is 0 Å². The van der Waals surface area contributed by atoms with E-state index in [1.165, 1.54) is 0 Å². The van der Waals surface area contributed by atoms with E-state index in [0.717, 1.165) is 0 Å². The molecule has 0 fully saturated rings. The van der Waals surface area contributed by atoms with Gasteiger partial charge >= 0.3 is 0 Å². The van der Waals surface area contributed by atoms with Crippen LogP contribution in [0, 0.1) is 0 Å². The molecule has 14 heavy (non-hydrogen) atoms. The third-order valence-corrected chi connectivity index (χ3v) is 1.88. The van der Waals surface area contributed by atoms with Crippen molar-refractivity contribution >= 4 is 0 Å². The van der Waals surface area contributed by atoms with Crippen LogP contribution in [-0.4, -0.2) is 11.1 Å². The van der Waals surface area contributed by atoms with Gasteiger partial charge in [0.25, 0.3) is 0 Å². The summed E-state index contributed by atoms with van der Waals surface area (Å²) in [5.74, 6) is 10.7. The molecule has 0 amide bonds. The van der Waals surface area contributed by atoms with Gasteiger partial charge in [0.15, 0.2) is 0 Å². The van der Waals surface area contributed by atoms with Crippen molar-refractivity contribution in [3.63, 3.8) is 0 Å². The van der Waals surface area contributed by atoms with Gasteiger partial charge in [0.05, 0.1) is 0 Å². The molecule has 0 aromatic carbocycles. The van der Waals surface area contributed by atoms with Gasteiger partial charge in [-0.3, -0.25) is 22.5 Å². The van der Waals surface area contributed by atoms with Gasteiger partial charge in [0, 0.05) is 11.1 Å². The quantitative estimate of drug-likeness (QED) is 0.296. The molecule has 0 aromatic rings. The van der Waals surface area contributed by atoms with Crippen LogP contribution in [0.25, 0.3) is 0 Å². The summed E-state index contributed by atoms with van der Waals surface area (Å²) in [6, 6.07) is 0. The smallest absolute Gasteiger partial charge is 0.0447 e. The lowest BCUT2D eigenvalue weighted by Gasteiger charge is -2.19. The van der Waals surface area contributed by atoms with Crippen molar-refractivity contribution in [2.24, 2.45) is 11.7 Å². The van der Waals surface area contributed by atoms with Gasteiger partial charge < -0.3 is 0 Å². The molecule has 0 atom stereocenters. The van der Waals surface area contributed by atoms with Crippen molar-refractivity contribution in [2.75, 3.05) is 0 Å². The first-order valence-corrected chi connectivity index (χ1v) is 4.65. The van der Waals surface area contributed by atoms with E-state index in [-0.39, 0.29) is 11.1 Å². The molecule has 0 radical (unpaired) electrons. The summed E-state index contributed by atoms with van der Waals surface area (Å²) < 4.78 is 0. The Hall–Kier alpha value is -0.680. The molecule has 0 unspecified atom stereocenters. The predicted molar refractivity (Wildman–Crippen MR) is 61.1 cm³/mol. The largest absolute Gasteiger partial charge is 0.271 e. The third kappa shape index (κ3) is 5.88. The summed E-state index contributed by atoms with van der Waals surface area (Å²) in [6.45, 7) is 7.96. The molecule has 4 heteroatoms. The molecule has 0 aliphatic rings. The maximum Gasteiger partial charge on any atom is 0.0447 e. The molecule has 0 saturated carbocycles. The second kappa shape index (κ2) is 5.26. The van der Waals surface area contributed by atoms with Crippen LogP contribution < -0.4 is 22.5 Å². The number of nitrogens with one attached hydrogen (secondary N) is 2. The normalized spacial score (nSPS) is 14.4. The average Bonchev–Trinajstić information content (AvgIpc) is 2.13. The van der Waals surface area contributed by atoms with Gasteiger partial charge in [-0.2, -0.15) is 0 Å². The van der Waals surface area contributed by atoms with E-state index in [1.807, 2.05) is 52.0 Å². The minimum atomic E-state index is -0.190. The zero-order valence-corrected chi connectivity index (χ0v) is 9.46. The molecule has 4 nitrogen and oxygen atoms in total. The van der Waals surface area contributed by atoms with Gasteiger partial charge in [-0.15, -0.1) is 0 Å². The summed E-state index contributed by atoms with van der Waals surface area (Å²) in [4.78, 5) is 0. The molecule has 0 rings (SSSR count). The maximum absolute atomic E-state index is 5.34. The Kier molecular flexibility index (Phi) is 5.01. The highest BCUT2D eigenvalue weighted by atomic mass is 15.3. The van der Waals surface area contributed by atoms with Gasteiger partial charge in [0.2, 0.25) is 0 Å². The molecule has 0 aliphatic heterocycles. The fourth-order valence-corrected chi connectivity index (χ4v) is 0.688. The number of allylic oxidation sites excluding steroid dienone is 2. The van der Waals surface area contributed by atoms with E-state index >= 15 is 0 Å². The molecule has 0 aromatic heterocycles. The minimum absolute atomic E-state index is 0.190. The average molecular weight is 198 g/mol. The maximum atomic E-state index is 5.34. The lowest BCUT2D eigenvalue weighted by molar-refractivity contribution is 0.489. The Morgan fingerprint density at radius 1 is 0.786 bits per heavy atom. The fraction of sp³-hybridized carbons (Fsp3) is 0.600. The Labute approximate surface area is 86.4 Å². The highest BCUT2D eigenvalue weighted by Crippen LogP contribution is 2.04. The molecule has 0 heterocycles. The van der Waals surface area contributed by atoms with Crippen LogP contribution in [0.4, 0.5) is 0 Å². The van der Waals surface area contributed by atoms with Crippen LogP contribution in [0.2, 0.25) is 0 Å². The third-order valence-electron chi connectivity index (χ3n) is 1.88. The van der Waals surface area contributed by atoms with Crippen LogP contribution in [0.5, 0.6) is 0 Å². The van der Waals surface area contributed by atoms with Crippen LogP contribution >= 0.6 is 0 Å². The Morgan fingerprint density at radius 3 is 1.29 bits per heavy atom. The number of hydrogen-bond acceptors (Lipinski definition) is 4. The Balaban J connectivity index is 4.18. The topological polar surface area (TPSA) is 76.1 Å². The lowest BCUT2D eigenvalue weighted by atomic mass is 10.0. The van der Waals surface area contributed by atoms with Crippen molar-refractivity contribution < 1.29 is 0 Å². The molecule has 0 bridgehead atoms. The minimum Gasteiger partial charge on any atom is -0.271 e. The Bertz CT molecular complexity index is 192. The first-order valence-electron chi connectivity index (χ1n) is 4.65. The standard InChI is InChI=1S/C10H22N4/c1-9(2,13-11)7-5-6-8-10(3,4)14-12/h5-8,13-14H,11-12H2,1-4H3/b7-5+,8-6+. The first-order chi connectivity index (χ1) is 6.33. The highest BCUT2D eigenvalue weighted by molar-refractivity contribution is 5.13. The number of nitrogens with two attached hydrogens (primary N) is 2. The molecule has 0 aliphatic carbocycles. The van der Waals surface area contributed by atoms with Gasteiger partial charge in [-0.25, -0.2) is 0 Å². The SMILES string of the molecule is CC(C)(/C=C/C=C/C(C)(C)NN)NN. The molecule has 0 saturated heterocycles. The Morgan fingerprint density at radius 2 is 1.07 bits per heavy atom. The summed E-state index contributed by atoms with van der Waals surface area (Å²) >= 11 is 0. The van der Waals surface area contributed by atoms with Crippen molar-refractivity contribution in [1.82, 2.24) is 10.9 Å². The van der Waals surface area contributed by atoms with E-state index in [4.69, 9.17) is 11.7 Å². The van der Waals surface area contributed by atoms with Gasteiger partial charge in [0.1, 0.15) is 0 Å². The number of hydrazine groups is 2. The van der Waals surface area contributed by atoms with Crippen LogP contribution in [0.15, 0.2) is 24.3 Å². The highest BCUT2D eigenvalue weighted by Gasteiger charge is 2.10. The summed E-state index contributed by atoms with van der Waals surface area (Å²) in [6.07, 6.45) is 7.85. The van der Waals surface area contributed by atoms with Crippen molar-refractivity contribution in [3.05, 3.63) is 24.3 Å². The molecule has 82 valence electrons. The second-order valence-corrected chi connectivity index (χ2v) is 4.45. The van der Waals surface area contributed by atoms with Crippen LogP contribution in [0.1, 0.15) is 27.7 Å². The lowest BCUT2D eigenvalue weighted by Crippen LogP contribution is -2.42. The monoisotopic (exact) mass is 198 g/mol. The molecule has 6 N–H and O–H groups in total. The fourth-order valence-electron chi connectivity index (χ4n) is 0.688. The van der Waals surface area contributed by atoms with Gasteiger partial charge in [-0.1, -0.05) is 24.3 Å². The van der Waals surface area contributed by atoms with Crippen LogP contribution in [0.3, 0.4) is 0 Å². The van der Waals surface area contributed by atoms with Crippen molar-refractivity contribution in [1.29, 1.82) is 0 Å². The molecule has 0 spiro atoms. The van der Waals surface area contributed by atoms with Crippen LogP contribution in [-0.2, 0) is 0 Å². The first kappa shape index (κ1) is 13.3. The van der Waals surface area contributed by atoms with E-state index in [9.17, 15) is 0 Å². The number of hydrogen-bond donors (Lipinski definition) is 4. The predicted octanol–water partition coefficient (Wildman–Crippen LogP) is 0.583. The van der Waals surface area contributed by atoms with E-state index in [2.05, 4.69) is 10.9 Å². The van der Waals surface area contributed by atoms with Crippen molar-refractivity contribution in [2.45, 2.75) is 38.8 Å². The zero-order valence-electron chi connectivity index (χ0n) is 9.46. The number of rotatable bonds is 5. The molecular formula is C10H22N4. The van der Waals surface area contributed by atoms with Crippen molar-refractivity contribution in [3.8, 4) is 0 Å². The summed E-state index contributed by atoms with van der Waals surface area (Å²) in [7, 11) is 0. The van der Waals surface area contributed by atoms with Gasteiger partial charge in [-0.05, 0) is 27.7 Å².